The van der Waals surface area contributed by atoms with E-state index in [1.165, 1.54) is 0 Å². The topological polar surface area (TPSA) is 40.6 Å². The number of carbonyl (C=O) groups is 2. The van der Waals surface area contributed by atoms with E-state index in [0.717, 1.165) is 26.9 Å². The molecule has 0 saturated heterocycles. The number of ketones is 1. The number of fused-ring (bicyclic) bond motifs is 1. The first-order chi connectivity index (χ1) is 12.0. The molecule has 1 aliphatic heterocycles. The van der Waals surface area contributed by atoms with Crippen LogP contribution in [-0.2, 0) is 16.1 Å². The number of rotatable bonds is 4. The van der Waals surface area contributed by atoms with Crippen molar-refractivity contribution in [2.75, 3.05) is 16.8 Å². The van der Waals surface area contributed by atoms with Crippen molar-refractivity contribution >= 4 is 34.8 Å². The van der Waals surface area contributed by atoms with E-state index in [-0.39, 0.29) is 11.7 Å². The highest BCUT2D eigenvalue weighted by atomic mass is 32.2. The van der Waals surface area contributed by atoms with Crippen LogP contribution in [0, 0.1) is 0 Å². The molecule has 25 heavy (non-hydrogen) atoms. The van der Waals surface area contributed by atoms with Gasteiger partial charge in [-0.15, -0.1) is 0 Å². The van der Waals surface area contributed by atoms with Crippen LogP contribution in [0.3, 0.4) is 0 Å². The average Bonchev–Trinajstić information content (AvgIpc) is 2.91. The number of carbonyl (C=O) groups excluding carboxylic acids is 2. The van der Waals surface area contributed by atoms with E-state index in [1.807, 2.05) is 36.4 Å². The molecule has 0 aromatic heterocycles. The molecule has 0 aliphatic carbocycles. The molecule has 0 N–H and O–H groups in total. The summed E-state index contributed by atoms with van der Waals surface area (Å²) in [5.41, 5.74) is 3.02. The second-order valence-electron chi connectivity index (χ2n) is 6.00. The van der Waals surface area contributed by atoms with Gasteiger partial charge in [-0.1, -0.05) is 42.1 Å². The van der Waals surface area contributed by atoms with E-state index in [0.29, 0.717) is 6.54 Å². The predicted octanol–water partition coefficient (Wildman–Crippen LogP) is 4.21. The van der Waals surface area contributed by atoms with Crippen molar-refractivity contribution in [3.8, 4) is 0 Å². The Kier molecular flexibility index (Phi) is 4.95. The molecule has 0 spiro atoms. The van der Waals surface area contributed by atoms with Crippen molar-refractivity contribution in [3.05, 3.63) is 65.2 Å². The zero-order chi connectivity index (χ0) is 18.0. The van der Waals surface area contributed by atoms with E-state index in [4.69, 9.17) is 0 Å². The first kappa shape index (κ1) is 17.3. The summed E-state index contributed by atoms with van der Waals surface area (Å²) in [6, 6.07) is 16.1. The number of hydrogen-bond donors (Lipinski definition) is 0. The fraction of sp³-hybridized carbons (Fsp3) is 0.200. The molecular formula is C20H20N2O2S. The molecule has 0 bridgehead atoms. The Hall–Kier alpha value is -2.53. The molecule has 0 fully saturated rings. The monoisotopic (exact) mass is 352 g/mol. The van der Waals surface area contributed by atoms with E-state index in [2.05, 4.69) is 17.0 Å². The van der Waals surface area contributed by atoms with Crippen LogP contribution in [0.1, 0.15) is 19.4 Å². The lowest BCUT2D eigenvalue weighted by molar-refractivity contribution is -0.116. The molecule has 3 rings (SSSR count). The van der Waals surface area contributed by atoms with Crippen molar-refractivity contribution in [1.82, 2.24) is 0 Å². The predicted molar refractivity (Wildman–Crippen MR) is 103 cm³/mol. The van der Waals surface area contributed by atoms with Crippen LogP contribution in [0.2, 0.25) is 0 Å². The normalized spacial score (nSPS) is 14.5. The van der Waals surface area contributed by atoms with Crippen LogP contribution in [0.25, 0.3) is 0 Å². The van der Waals surface area contributed by atoms with E-state index < -0.39 is 0 Å². The van der Waals surface area contributed by atoms with Crippen LogP contribution in [-0.4, -0.2) is 18.7 Å². The molecule has 0 unspecified atom stereocenters. The molecule has 4 nitrogen and oxygen atoms in total. The van der Waals surface area contributed by atoms with Gasteiger partial charge in [-0.2, -0.15) is 0 Å². The van der Waals surface area contributed by atoms with Gasteiger partial charge in [0.1, 0.15) is 0 Å². The molecule has 1 aliphatic rings. The van der Waals surface area contributed by atoms with Crippen LogP contribution >= 0.6 is 11.8 Å². The third-order valence-corrected chi connectivity index (χ3v) is 5.20. The summed E-state index contributed by atoms with van der Waals surface area (Å²) in [6.45, 7) is 3.78. The smallest absolute Gasteiger partial charge is 0.223 e. The third-order valence-electron chi connectivity index (χ3n) is 4.08. The minimum absolute atomic E-state index is 0.0142. The Morgan fingerprint density at radius 3 is 2.48 bits per heavy atom. The van der Waals surface area contributed by atoms with Gasteiger partial charge in [0.25, 0.3) is 0 Å². The molecule has 1 amide bonds. The average molecular weight is 352 g/mol. The van der Waals surface area contributed by atoms with Gasteiger partial charge >= 0.3 is 0 Å². The molecule has 128 valence electrons. The van der Waals surface area contributed by atoms with Gasteiger partial charge in [-0.3, -0.25) is 9.59 Å². The number of anilines is 2. The number of nitrogens with zero attached hydrogens (tertiary/aromatic N) is 2. The van der Waals surface area contributed by atoms with E-state index >= 15 is 0 Å². The second-order valence-corrected chi connectivity index (χ2v) is 7.06. The zero-order valence-electron chi connectivity index (χ0n) is 14.5. The summed E-state index contributed by atoms with van der Waals surface area (Å²) in [5.74, 6) is 0.00848. The van der Waals surface area contributed by atoms with Crippen LogP contribution in [0.5, 0.6) is 0 Å². The van der Waals surface area contributed by atoms with Gasteiger partial charge < -0.3 is 9.80 Å². The zero-order valence-corrected chi connectivity index (χ0v) is 15.3. The molecule has 0 radical (unpaired) electrons. The first-order valence-corrected chi connectivity index (χ1v) is 8.87. The molecule has 2 aromatic carbocycles. The van der Waals surface area contributed by atoms with Gasteiger partial charge in [0.05, 0.1) is 10.7 Å². The number of thioether (sulfide) groups is 1. The van der Waals surface area contributed by atoms with Crippen LogP contribution in [0.15, 0.2) is 64.5 Å². The second kappa shape index (κ2) is 7.15. The molecule has 0 saturated carbocycles. The van der Waals surface area contributed by atoms with Crippen LogP contribution < -0.4 is 9.80 Å². The van der Waals surface area contributed by atoms with Gasteiger partial charge in [0.2, 0.25) is 5.91 Å². The maximum atomic E-state index is 11.7. The third kappa shape index (κ3) is 3.77. The Morgan fingerprint density at radius 1 is 1.12 bits per heavy atom. The molecule has 0 atom stereocenters. The maximum absolute atomic E-state index is 11.7. The number of allylic oxidation sites excluding steroid dienone is 1. The summed E-state index contributed by atoms with van der Waals surface area (Å²) >= 11 is 1.58. The van der Waals surface area contributed by atoms with Crippen molar-refractivity contribution in [2.45, 2.75) is 25.3 Å². The van der Waals surface area contributed by atoms with Crippen molar-refractivity contribution in [3.63, 3.8) is 0 Å². The standard InChI is InChI=1S/C20H20N2O2S/c1-14(23)11-20-22(13-16-7-5-4-6-8-16)18-12-17(21(3)15(2)24)9-10-19(18)25-20/h4-12H,13H2,1-3H3/b20-11-. The number of benzene rings is 2. The van der Waals surface area contributed by atoms with Crippen molar-refractivity contribution < 1.29 is 9.59 Å². The fourth-order valence-corrected chi connectivity index (χ4v) is 3.82. The summed E-state index contributed by atoms with van der Waals surface area (Å²) in [4.78, 5) is 28.2. The summed E-state index contributed by atoms with van der Waals surface area (Å²) < 4.78 is 0. The molecule has 1 heterocycles. The minimum Gasteiger partial charge on any atom is -0.330 e. The number of hydrogen-bond acceptors (Lipinski definition) is 4. The SMILES string of the molecule is CC(=O)/C=C1\Sc2ccc(N(C)C(C)=O)cc2N1Cc1ccccc1. The highest BCUT2D eigenvalue weighted by Crippen LogP contribution is 2.48. The van der Waals surface area contributed by atoms with Crippen molar-refractivity contribution in [2.24, 2.45) is 0 Å². The van der Waals surface area contributed by atoms with E-state index in [1.54, 1.807) is 43.6 Å². The Morgan fingerprint density at radius 2 is 1.84 bits per heavy atom. The Balaban J connectivity index is 2.02. The lowest BCUT2D eigenvalue weighted by atomic mass is 10.2. The quantitative estimate of drug-likeness (QED) is 0.773. The van der Waals surface area contributed by atoms with Crippen LogP contribution in [0.4, 0.5) is 11.4 Å². The van der Waals surface area contributed by atoms with Gasteiger partial charge in [0.15, 0.2) is 5.78 Å². The summed E-state index contributed by atoms with van der Waals surface area (Å²) in [7, 11) is 1.76. The summed E-state index contributed by atoms with van der Waals surface area (Å²) in [6.07, 6.45) is 1.67. The first-order valence-electron chi connectivity index (χ1n) is 8.05. The minimum atomic E-state index is -0.0142. The Labute approximate surface area is 152 Å². The fourth-order valence-electron chi connectivity index (χ4n) is 2.69. The van der Waals surface area contributed by atoms with Gasteiger partial charge in [0, 0.05) is 37.2 Å². The largest absolute Gasteiger partial charge is 0.330 e. The molecular weight excluding hydrogens is 332 g/mol. The Bertz CT molecular complexity index is 846. The summed E-state index contributed by atoms with van der Waals surface area (Å²) in [5, 5.41) is 0.911. The van der Waals surface area contributed by atoms with Gasteiger partial charge in [-0.05, 0) is 30.7 Å². The lowest BCUT2D eigenvalue weighted by Crippen LogP contribution is -2.23. The van der Waals surface area contributed by atoms with Gasteiger partial charge in [-0.25, -0.2) is 0 Å². The highest BCUT2D eigenvalue weighted by Gasteiger charge is 2.26. The van der Waals surface area contributed by atoms with Crippen molar-refractivity contribution in [1.29, 1.82) is 0 Å². The molecule has 5 heteroatoms. The number of amides is 1. The van der Waals surface area contributed by atoms with E-state index in [9.17, 15) is 9.59 Å². The maximum Gasteiger partial charge on any atom is 0.223 e. The molecule has 2 aromatic rings. The lowest BCUT2D eigenvalue weighted by Gasteiger charge is -2.22. The highest BCUT2D eigenvalue weighted by molar-refractivity contribution is 8.03.